The van der Waals surface area contributed by atoms with Crippen molar-refractivity contribution in [3.05, 3.63) is 41.1 Å². The van der Waals surface area contributed by atoms with Gasteiger partial charge in [-0.15, -0.1) is 0 Å². The van der Waals surface area contributed by atoms with Crippen LogP contribution in [-0.4, -0.2) is 66.1 Å². The van der Waals surface area contributed by atoms with E-state index in [0.29, 0.717) is 12.1 Å². The standard InChI is InChI=1S/C17H16F6N2O5/c1-30-14(28)11-8-25(5-6-26)13(27)12(11)24-10-4-2-3-9(7-10)15(29,16(18,19)20)17(21,22)23/h2-4,7,24,26,29H,5-6,8H2,1H3. The topological polar surface area (TPSA) is 99.1 Å². The van der Waals surface area contributed by atoms with Crippen LogP contribution in [0.4, 0.5) is 32.0 Å². The van der Waals surface area contributed by atoms with E-state index < -0.39 is 53.4 Å². The highest BCUT2D eigenvalue weighted by atomic mass is 19.4. The van der Waals surface area contributed by atoms with Gasteiger partial charge in [0.1, 0.15) is 5.70 Å². The lowest BCUT2D eigenvalue weighted by molar-refractivity contribution is -0.376. The molecule has 0 atom stereocenters. The smallest absolute Gasteiger partial charge is 0.430 e. The molecule has 0 fully saturated rings. The maximum atomic E-state index is 13.1. The quantitative estimate of drug-likeness (QED) is 0.458. The number of β-amino-alcohol motifs (C(OH)–C–C–N with tert-alkyl or cyclic N) is 1. The van der Waals surface area contributed by atoms with Crippen LogP contribution >= 0.6 is 0 Å². The predicted molar refractivity (Wildman–Crippen MR) is 88.8 cm³/mol. The van der Waals surface area contributed by atoms with Gasteiger partial charge in [0.05, 0.1) is 25.8 Å². The number of benzene rings is 1. The van der Waals surface area contributed by atoms with E-state index in [1.165, 1.54) is 0 Å². The lowest BCUT2D eigenvalue weighted by Crippen LogP contribution is -2.53. The first-order chi connectivity index (χ1) is 13.8. The predicted octanol–water partition coefficient (Wildman–Crippen LogP) is 1.67. The van der Waals surface area contributed by atoms with E-state index in [1.54, 1.807) is 0 Å². The summed E-state index contributed by atoms with van der Waals surface area (Å²) in [6.07, 6.45) is -12.2. The molecule has 0 saturated heterocycles. The summed E-state index contributed by atoms with van der Waals surface area (Å²) in [6, 6.07) is 2.64. The lowest BCUT2D eigenvalue weighted by Gasteiger charge is -2.32. The molecule has 0 spiro atoms. The molecule has 30 heavy (non-hydrogen) atoms. The number of rotatable bonds is 6. The molecule has 0 unspecified atom stereocenters. The molecule has 3 N–H and O–H groups in total. The van der Waals surface area contributed by atoms with E-state index in [2.05, 4.69) is 10.1 Å². The lowest BCUT2D eigenvalue weighted by atomic mass is 9.92. The average molecular weight is 442 g/mol. The summed E-state index contributed by atoms with van der Waals surface area (Å²) >= 11 is 0. The van der Waals surface area contributed by atoms with Gasteiger partial charge in [0.15, 0.2) is 0 Å². The summed E-state index contributed by atoms with van der Waals surface area (Å²) in [6.45, 7) is -0.914. The van der Waals surface area contributed by atoms with Crippen LogP contribution < -0.4 is 5.32 Å². The summed E-state index contributed by atoms with van der Waals surface area (Å²) < 4.78 is 83.1. The highest BCUT2D eigenvalue weighted by molar-refractivity contribution is 6.08. The Morgan fingerprint density at radius 2 is 1.80 bits per heavy atom. The summed E-state index contributed by atoms with van der Waals surface area (Å²) in [7, 11) is 1.01. The molecule has 1 aromatic rings. The molecule has 1 aliphatic heterocycles. The van der Waals surface area contributed by atoms with Crippen molar-refractivity contribution in [1.82, 2.24) is 4.90 Å². The van der Waals surface area contributed by atoms with Crippen molar-refractivity contribution in [2.45, 2.75) is 18.0 Å². The van der Waals surface area contributed by atoms with Gasteiger partial charge >= 0.3 is 18.3 Å². The number of hydrogen-bond donors (Lipinski definition) is 3. The molecule has 166 valence electrons. The van der Waals surface area contributed by atoms with Gasteiger partial charge in [-0.1, -0.05) is 12.1 Å². The van der Waals surface area contributed by atoms with Gasteiger partial charge in [0, 0.05) is 17.8 Å². The Morgan fingerprint density at radius 1 is 1.20 bits per heavy atom. The van der Waals surface area contributed by atoms with E-state index in [9.17, 15) is 41.0 Å². The first-order valence-electron chi connectivity index (χ1n) is 8.23. The molecule has 0 aromatic heterocycles. The number of aliphatic hydroxyl groups excluding tert-OH is 1. The van der Waals surface area contributed by atoms with E-state index in [0.717, 1.165) is 24.1 Å². The fourth-order valence-electron chi connectivity index (χ4n) is 2.80. The van der Waals surface area contributed by atoms with E-state index in [-0.39, 0.29) is 18.7 Å². The Kier molecular flexibility index (Phi) is 6.37. The van der Waals surface area contributed by atoms with Crippen molar-refractivity contribution >= 4 is 17.6 Å². The Labute approximate surface area is 165 Å². The molecule has 1 amide bonds. The third kappa shape index (κ3) is 4.07. The third-order valence-electron chi connectivity index (χ3n) is 4.32. The van der Waals surface area contributed by atoms with Crippen molar-refractivity contribution in [3.63, 3.8) is 0 Å². The fraction of sp³-hybridized carbons (Fsp3) is 0.412. The second kappa shape index (κ2) is 8.14. The number of amides is 1. The molecule has 1 aromatic carbocycles. The number of nitrogens with zero attached hydrogens (tertiary/aromatic N) is 1. The van der Waals surface area contributed by atoms with Crippen LogP contribution in [0.5, 0.6) is 0 Å². The normalized spacial score (nSPS) is 15.6. The zero-order valence-corrected chi connectivity index (χ0v) is 15.3. The number of aliphatic hydroxyl groups is 2. The summed E-state index contributed by atoms with van der Waals surface area (Å²) in [5, 5.41) is 20.8. The highest BCUT2D eigenvalue weighted by Crippen LogP contribution is 2.50. The molecular formula is C17H16F6N2O5. The minimum Gasteiger partial charge on any atom is -0.466 e. The monoisotopic (exact) mass is 442 g/mol. The fourth-order valence-corrected chi connectivity index (χ4v) is 2.80. The number of hydrogen-bond acceptors (Lipinski definition) is 6. The van der Waals surface area contributed by atoms with Crippen molar-refractivity contribution in [2.75, 3.05) is 32.1 Å². The Balaban J connectivity index is 2.49. The number of carbonyl (C=O) groups is 2. The zero-order valence-electron chi connectivity index (χ0n) is 15.3. The highest BCUT2D eigenvalue weighted by Gasteiger charge is 2.71. The molecule has 7 nitrogen and oxygen atoms in total. The number of anilines is 1. The van der Waals surface area contributed by atoms with Crippen molar-refractivity contribution in [3.8, 4) is 0 Å². The molecule has 0 radical (unpaired) electrons. The number of methoxy groups -OCH3 is 1. The van der Waals surface area contributed by atoms with Crippen LogP contribution in [0.3, 0.4) is 0 Å². The molecule has 0 aliphatic carbocycles. The van der Waals surface area contributed by atoms with Gasteiger partial charge in [0.25, 0.3) is 11.5 Å². The summed E-state index contributed by atoms with van der Waals surface area (Å²) in [5.74, 6) is -1.78. The molecule has 0 bridgehead atoms. The van der Waals surface area contributed by atoms with Gasteiger partial charge in [0.2, 0.25) is 0 Å². The Hall–Kier alpha value is -2.80. The van der Waals surface area contributed by atoms with Crippen LogP contribution in [0.25, 0.3) is 0 Å². The van der Waals surface area contributed by atoms with Crippen LogP contribution in [-0.2, 0) is 19.9 Å². The molecule has 1 heterocycles. The van der Waals surface area contributed by atoms with E-state index >= 15 is 0 Å². The maximum absolute atomic E-state index is 13.1. The molecule has 0 saturated carbocycles. The van der Waals surface area contributed by atoms with Crippen LogP contribution in [0.2, 0.25) is 0 Å². The molecular weight excluding hydrogens is 426 g/mol. The number of ether oxygens (including phenoxy) is 1. The number of esters is 1. The third-order valence-corrected chi connectivity index (χ3v) is 4.32. The number of alkyl halides is 6. The van der Waals surface area contributed by atoms with Gasteiger partial charge < -0.3 is 25.2 Å². The van der Waals surface area contributed by atoms with Gasteiger partial charge in [-0.05, 0) is 12.1 Å². The first-order valence-corrected chi connectivity index (χ1v) is 8.23. The zero-order chi connectivity index (χ0) is 22.9. The summed E-state index contributed by atoms with van der Waals surface area (Å²) in [4.78, 5) is 25.3. The van der Waals surface area contributed by atoms with Gasteiger partial charge in [-0.25, -0.2) is 4.79 Å². The van der Waals surface area contributed by atoms with Crippen LogP contribution in [0, 0.1) is 0 Å². The van der Waals surface area contributed by atoms with Crippen LogP contribution in [0.1, 0.15) is 5.56 Å². The van der Waals surface area contributed by atoms with E-state index in [1.807, 2.05) is 0 Å². The molecule has 2 rings (SSSR count). The minimum absolute atomic E-state index is 0.174. The number of nitrogens with one attached hydrogen (secondary N) is 1. The molecule has 1 aliphatic rings. The molecule has 13 heteroatoms. The Morgan fingerprint density at radius 3 is 2.30 bits per heavy atom. The van der Waals surface area contributed by atoms with Crippen LogP contribution in [0.15, 0.2) is 35.5 Å². The van der Waals surface area contributed by atoms with Gasteiger partial charge in [-0.3, -0.25) is 4.79 Å². The second-order valence-electron chi connectivity index (χ2n) is 6.21. The average Bonchev–Trinajstić information content (AvgIpc) is 2.95. The second-order valence-corrected chi connectivity index (χ2v) is 6.21. The van der Waals surface area contributed by atoms with Crippen molar-refractivity contribution < 1.29 is 50.9 Å². The SMILES string of the molecule is COC(=O)C1=C(Nc2cccc(C(O)(C(F)(F)F)C(F)(F)F)c2)C(=O)N(CCO)C1. The van der Waals surface area contributed by atoms with Crippen molar-refractivity contribution in [2.24, 2.45) is 0 Å². The van der Waals surface area contributed by atoms with Gasteiger partial charge in [-0.2, -0.15) is 26.3 Å². The Bertz CT molecular complexity index is 851. The van der Waals surface area contributed by atoms with E-state index in [4.69, 9.17) is 5.11 Å². The number of carbonyl (C=O) groups excluding carboxylic acids is 2. The first kappa shape index (κ1) is 23.5. The summed E-state index contributed by atoms with van der Waals surface area (Å²) in [5.41, 5.74) is -7.78. The van der Waals surface area contributed by atoms with Crippen molar-refractivity contribution in [1.29, 1.82) is 0 Å². The largest absolute Gasteiger partial charge is 0.466 e. The minimum atomic E-state index is -6.08. The number of halogens is 6. The maximum Gasteiger partial charge on any atom is 0.430 e.